The number of amides is 1. The summed E-state index contributed by atoms with van der Waals surface area (Å²) in [5.41, 5.74) is 1.00. The van der Waals surface area contributed by atoms with Crippen LogP contribution in [0.15, 0.2) is 41.4 Å². The van der Waals surface area contributed by atoms with Crippen molar-refractivity contribution in [2.75, 3.05) is 6.54 Å². The van der Waals surface area contributed by atoms with E-state index in [1.807, 2.05) is 30.5 Å². The molecule has 1 aliphatic carbocycles. The zero-order chi connectivity index (χ0) is 13.5. The van der Waals surface area contributed by atoms with Gasteiger partial charge in [-0.1, -0.05) is 18.2 Å². The van der Waals surface area contributed by atoms with Crippen LogP contribution in [0.1, 0.15) is 19.3 Å². The number of nitrogens with zero attached hydrogens (tertiary/aromatic N) is 2. The molecule has 2 aromatic rings. The molecule has 1 atom stereocenters. The Labute approximate surface area is 122 Å². The maximum Gasteiger partial charge on any atom is 0.236 e. The summed E-state index contributed by atoms with van der Waals surface area (Å²) in [5, 5.41) is 1.24. The average molecular weight is 284 g/mol. The predicted octanol–water partition coefficient (Wildman–Crippen LogP) is 3.09. The van der Waals surface area contributed by atoms with Crippen molar-refractivity contribution < 1.29 is 4.79 Å². The molecular formula is C16H16N2OS. The van der Waals surface area contributed by atoms with E-state index in [2.05, 4.69) is 16.0 Å². The van der Waals surface area contributed by atoms with Gasteiger partial charge in [0.25, 0.3) is 0 Å². The van der Waals surface area contributed by atoms with E-state index in [0.29, 0.717) is 11.9 Å². The number of rotatable bonds is 3. The number of carbonyl (C=O) groups excluding carboxylic acids is 1. The molecule has 3 nitrogen and oxygen atoms in total. The van der Waals surface area contributed by atoms with Gasteiger partial charge in [0.05, 0.1) is 10.8 Å². The third-order valence-electron chi connectivity index (χ3n) is 4.06. The van der Waals surface area contributed by atoms with Crippen molar-refractivity contribution in [1.82, 2.24) is 9.88 Å². The molecule has 1 amide bonds. The Morgan fingerprint density at radius 3 is 2.85 bits per heavy atom. The molecular weight excluding hydrogens is 268 g/mol. The molecule has 1 aromatic heterocycles. The lowest BCUT2D eigenvalue weighted by molar-refractivity contribution is -0.127. The van der Waals surface area contributed by atoms with Crippen LogP contribution < -0.4 is 0 Å². The highest BCUT2D eigenvalue weighted by Gasteiger charge is 2.40. The number of thioether (sulfide) groups is 1. The fourth-order valence-corrected chi connectivity index (χ4v) is 4.06. The molecule has 1 aliphatic heterocycles. The summed E-state index contributed by atoms with van der Waals surface area (Å²) in [4.78, 5) is 20.1. The van der Waals surface area contributed by atoms with Gasteiger partial charge in [-0.05, 0) is 31.4 Å². The van der Waals surface area contributed by atoms with E-state index in [4.69, 9.17) is 0 Å². The molecule has 4 rings (SSSR count). The Bertz CT molecular complexity index is 663. The highest BCUT2D eigenvalue weighted by molar-refractivity contribution is 8.00. The fraction of sp³-hybridized carbons (Fsp3) is 0.375. The molecule has 0 bridgehead atoms. The third kappa shape index (κ3) is 2.08. The van der Waals surface area contributed by atoms with Crippen LogP contribution in [0.4, 0.5) is 0 Å². The van der Waals surface area contributed by atoms with Gasteiger partial charge >= 0.3 is 0 Å². The molecule has 2 heterocycles. The Morgan fingerprint density at radius 2 is 2.00 bits per heavy atom. The van der Waals surface area contributed by atoms with Crippen molar-refractivity contribution >= 4 is 28.6 Å². The molecule has 2 fully saturated rings. The van der Waals surface area contributed by atoms with Gasteiger partial charge in [-0.25, -0.2) is 0 Å². The van der Waals surface area contributed by atoms with Crippen molar-refractivity contribution in [2.45, 2.75) is 35.4 Å². The number of fused-ring (bicyclic) bond motifs is 1. The molecule has 102 valence electrons. The number of hydrogen-bond donors (Lipinski definition) is 0. The maximum absolute atomic E-state index is 12.4. The molecule has 0 spiro atoms. The molecule has 2 aliphatic rings. The summed E-state index contributed by atoms with van der Waals surface area (Å²) in [6.45, 7) is 0.935. The maximum atomic E-state index is 12.4. The van der Waals surface area contributed by atoms with Crippen LogP contribution in [0.3, 0.4) is 0 Å². The lowest BCUT2D eigenvalue weighted by Gasteiger charge is -2.15. The molecule has 0 N–H and O–H groups in total. The summed E-state index contributed by atoms with van der Waals surface area (Å²) >= 11 is 1.71. The monoisotopic (exact) mass is 284 g/mol. The first-order valence-electron chi connectivity index (χ1n) is 7.14. The van der Waals surface area contributed by atoms with Crippen LogP contribution in [0.5, 0.6) is 0 Å². The van der Waals surface area contributed by atoms with Gasteiger partial charge in [0.2, 0.25) is 5.91 Å². The van der Waals surface area contributed by atoms with E-state index in [1.54, 1.807) is 11.8 Å². The zero-order valence-electron chi connectivity index (χ0n) is 11.2. The second-order valence-electron chi connectivity index (χ2n) is 5.48. The normalized spacial score (nSPS) is 22.7. The van der Waals surface area contributed by atoms with Crippen LogP contribution in [0.25, 0.3) is 10.9 Å². The van der Waals surface area contributed by atoms with E-state index in [0.717, 1.165) is 23.9 Å². The first kappa shape index (κ1) is 12.2. The summed E-state index contributed by atoms with van der Waals surface area (Å²) in [6.07, 6.45) is 5.20. The third-order valence-corrected chi connectivity index (χ3v) is 5.39. The topological polar surface area (TPSA) is 33.2 Å². The number of para-hydroxylation sites is 1. The number of aromatic nitrogens is 1. The Balaban J connectivity index is 1.60. The Morgan fingerprint density at radius 1 is 1.15 bits per heavy atom. The van der Waals surface area contributed by atoms with Gasteiger partial charge < -0.3 is 4.90 Å². The predicted molar refractivity (Wildman–Crippen MR) is 80.7 cm³/mol. The SMILES string of the molecule is O=C1C(Sc2ccnc3ccccc23)CCN1C1CC1. The van der Waals surface area contributed by atoms with Crippen molar-refractivity contribution in [3.8, 4) is 0 Å². The molecule has 1 aromatic carbocycles. The molecule has 1 saturated carbocycles. The van der Waals surface area contributed by atoms with Crippen molar-refractivity contribution in [3.05, 3.63) is 36.5 Å². The molecule has 0 radical (unpaired) electrons. The van der Waals surface area contributed by atoms with E-state index >= 15 is 0 Å². The molecule has 4 heteroatoms. The van der Waals surface area contributed by atoms with Gasteiger partial charge in [-0.15, -0.1) is 11.8 Å². The molecule has 1 unspecified atom stereocenters. The van der Waals surface area contributed by atoms with E-state index < -0.39 is 0 Å². The molecule has 1 saturated heterocycles. The number of likely N-dealkylation sites (tertiary alicyclic amines) is 1. The number of carbonyl (C=O) groups is 1. The summed E-state index contributed by atoms with van der Waals surface area (Å²) in [6, 6.07) is 10.7. The Kier molecular flexibility index (Phi) is 2.91. The van der Waals surface area contributed by atoms with Crippen LogP contribution in [-0.4, -0.2) is 33.6 Å². The molecule has 20 heavy (non-hydrogen) atoms. The van der Waals surface area contributed by atoms with E-state index in [9.17, 15) is 4.79 Å². The lowest BCUT2D eigenvalue weighted by atomic mass is 10.2. The second-order valence-corrected chi connectivity index (χ2v) is 6.73. The Hall–Kier alpha value is -1.55. The zero-order valence-corrected chi connectivity index (χ0v) is 12.0. The van der Waals surface area contributed by atoms with Crippen molar-refractivity contribution in [2.24, 2.45) is 0 Å². The van der Waals surface area contributed by atoms with Gasteiger partial charge in [0.15, 0.2) is 0 Å². The highest BCUT2D eigenvalue weighted by atomic mass is 32.2. The van der Waals surface area contributed by atoms with Crippen LogP contribution in [0.2, 0.25) is 0 Å². The first-order valence-corrected chi connectivity index (χ1v) is 8.02. The largest absolute Gasteiger partial charge is 0.339 e. The quantitative estimate of drug-likeness (QED) is 0.868. The standard InChI is InChI=1S/C16H16N2OS/c19-16-15(8-10-18(16)11-5-6-11)20-14-7-9-17-13-4-2-1-3-12(13)14/h1-4,7,9,11,15H,5-6,8,10H2. The summed E-state index contributed by atoms with van der Waals surface area (Å²) in [7, 11) is 0. The summed E-state index contributed by atoms with van der Waals surface area (Å²) in [5.74, 6) is 0.332. The van der Waals surface area contributed by atoms with E-state index in [1.165, 1.54) is 17.7 Å². The van der Waals surface area contributed by atoms with Gasteiger partial charge in [0.1, 0.15) is 0 Å². The smallest absolute Gasteiger partial charge is 0.236 e. The van der Waals surface area contributed by atoms with Crippen molar-refractivity contribution in [1.29, 1.82) is 0 Å². The summed E-state index contributed by atoms with van der Waals surface area (Å²) < 4.78 is 0. The minimum atomic E-state index is 0.0846. The highest BCUT2D eigenvalue weighted by Crippen LogP contribution is 2.38. The van der Waals surface area contributed by atoms with Gasteiger partial charge in [-0.3, -0.25) is 9.78 Å². The first-order chi connectivity index (χ1) is 9.83. The van der Waals surface area contributed by atoms with Crippen LogP contribution >= 0.6 is 11.8 Å². The lowest BCUT2D eigenvalue weighted by Crippen LogP contribution is -2.30. The number of pyridine rings is 1. The minimum absolute atomic E-state index is 0.0846. The number of hydrogen-bond acceptors (Lipinski definition) is 3. The van der Waals surface area contributed by atoms with Gasteiger partial charge in [0, 0.05) is 29.1 Å². The van der Waals surface area contributed by atoms with E-state index in [-0.39, 0.29) is 5.25 Å². The minimum Gasteiger partial charge on any atom is -0.339 e. The van der Waals surface area contributed by atoms with Crippen LogP contribution in [0, 0.1) is 0 Å². The van der Waals surface area contributed by atoms with Crippen LogP contribution in [-0.2, 0) is 4.79 Å². The average Bonchev–Trinajstić information content (AvgIpc) is 3.26. The second kappa shape index (κ2) is 4.77. The fourth-order valence-electron chi connectivity index (χ4n) is 2.86. The number of benzene rings is 1. The van der Waals surface area contributed by atoms with Crippen molar-refractivity contribution in [3.63, 3.8) is 0 Å². The van der Waals surface area contributed by atoms with Gasteiger partial charge in [-0.2, -0.15) is 0 Å².